The number of nitrogens with zero attached hydrogens (tertiary/aromatic N) is 2. The average molecular weight is 548 g/mol. The van der Waals surface area contributed by atoms with Gasteiger partial charge in [0.1, 0.15) is 5.41 Å². The predicted molar refractivity (Wildman–Crippen MR) is 165 cm³/mol. The number of carbonyl (C=O) groups excluding carboxylic acids is 2. The Morgan fingerprint density at radius 1 is 0.927 bits per heavy atom. The van der Waals surface area contributed by atoms with Crippen molar-refractivity contribution in [3.63, 3.8) is 0 Å². The number of piperidine rings is 1. The molecule has 5 heteroatoms. The van der Waals surface area contributed by atoms with E-state index in [9.17, 15) is 9.59 Å². The predicted octanol–water partition coefficient (Wildman–Crippen LogP) is 6.30. The molecule has 2 heterocycles. The van der Waals surface area contributed by atoms with Gasteiger partial charge in [0.05, 0.1) is 0 Å². The highest BCUT2D eigenvalue weighted by Crippen LogP contribution is 2.50. The molecular formula is C36H41N3O2. The van der Waals surface area contributed by atoms with E-state index in [4.69, 9.17) is 0 Å². The topological polar surface area (TPSA) is 52.7 Å². The lowest BCUT2D eigenvalue weighted by molar-refractivity contribution is -0.125. The molecule has 0 saturated carbocycles. The van der Waals surface area contributed by atoms with E-state index in [0.29, 0.717) is 12.6 Å². The Morgan fingerprint density at radius 3 is 2.44 bits per heavy atom. The van der Waals surface area contributed by atoms with Crippen molar-refractivity contribution in [2.45, 2.75) is 63.5 Å². The third-order valence-corrected chi connectivity index (χ3v) is 9.31. The molecule has 1 unspecified atom stereocenters. The summed E-state index contributed by atoms with van der Waals surface area (Å²) in [6, 6.07) is 27.2. The number of hydrogen-bond acceptors (Lipinski definition) is 3. The molecule has 5 nitrogen and oxygen atoms in total. The second-order valence-electron chi connectivity index (χ2n) is 11.8. The summed E-state index contributed by atoms with van der Waals surface area (Å²) in [5, 5.41) is 3.27. The van der Waals surface area contributed by atoms with Gasteiger partial charge in [-0.15, -0.1) is 0 Å². The molecule has 6 rings (SSSR count). The summed E-state index contributed by atoms with van der Waals surface area (Å²) < 4.78 is 0. The van der Waals surface area contributed by atoms with E-state index in [1.54, 1.807) is 0 Å². The van der Waals surface area contributed by atoms with Gasteiger partial charge in [0.2, 0.25) is 5.91 Å². The largest absolute Gasteiger partial charge is 0.355 e. The SMILES string of the molecule is CCCNC(=O)C1(CCCCN2CCC(N3Cc4ccccc4C3=O)CC2)C(c2ccccc2)=Cc2ccccc21. The summed E-state index contributed by atoms with van der Waals surface area (Å²) >= 11 is 0. The van der Waals surface area contributed by atoms with Gasteiger partial charge >= 0.3 is 0 Å². The fourth-order valence-corrected chi connectivity index (χ4v) is 7.15. The van der Waals surface area contributed by atoms with Crippen molar-refractivity contribution in [2.75, 3.05) is 26.2 Å². The average Bonchev–Trinajstić information content (AvgIpc) is 3.54. The van der Waals surface area contributed by atoms with Crippen molar-refractivity contribution >= 4 is 23.5 Å². The first-order valence-electron chi connectivity index (χ1n) is 15.4. The number of hydrogen-bond donors (Lipinski definition) is 1. The highest BCUT2D eigenvalue weighted by Gasteiger charge is 2.47. The minimum Gasteiger partial charge on any atom is -0.355 e. The van der Waals surface area contributed by atoms with Crippen LogP contribution in [0.2, 0.25) is 0 Å². The first kappa shape index (κ1) is 27.5. The lowest BCUT2D eigenvalue weighted by Gasteiger charge is -2.37. The number of fused-ring (bicyclic) bond motifs is 2. The molecule has 2 aliphatic heterocycles. The van der Waals surface area contributed by atoms with Crippen LogP contribution in [0.3, 0.4) is 0 Å². The molecule has 2 amide bonds. The first-order valence-corrected chi connectivity index (χ1v) is 15.4. The van der Waals surface area contributed by atoms with Gasteiger partial charge in [-0.25, -0.2) is 0 Å². The van der Waals surface area contributed by atoms with Crippen LogP contribution in [0.5, 0.6) is 0 Å². The van der Waals surface area contributed by atoms with Gasteiger partial charge in [0, 0.05) is 37.8 Å². The lowest BCUT2D eigenvalue weighted by atomic mass is 9.70. The Bertz CT molecular complexity index is 1420. The monoisotopic (exact) mass is 547 g/mol. The molecule has 1 saturated heterocycles. The molecule has 0 radical (unpaired) electrons. The molecule has 1 N–H and O–H groups in total. The zero-order chi connectivity index (χ0) is 28.2. The van der Waals surface area contributed by atoms with Crippen LogP contribution in [-0.4, -0.2) is 53.8 Å². The third-order valence-electron chi connectivity index (χ3n) is 9.31. The van der Waals surface area contributed by atoms with Gasteiger partial charge in [0.25, 0.3) is 5.91 Å². The quantitative estimate of drug-likeness (QED) is 0.303. The normalized spacial score (nSPS) is 20.6. The van der Waals surface area contributed by atoms with Crippen LogP contribution in [0.25, 0.3) is 11.6 Å². The highest BCUT2D eigenvalue weighted by molar-refractivity contribution is 6.10. The fraction of sp³-hybridized carbons (Fsp3) is 0.389. The molecule has 0 aromatic heterocycles. The Morgan fingerprint density at radius 2 is 1.66 bits per heavy atom. The molecule has 1 atom stereocenters. The van der Waals surface area contributed by atoms with E-state index < -0.39 is 5.41 Å². The molecule has 0 spiro atoms. The van der Waals surface area contributed by atoms with E-state index in [-0.39, 0.29) is 11.8 Å². The third kappa shape index (κ3) is 5.24. The smallest absolute Gasteiger partial charge is 0.254 e. The van der Waals surface area contributed by atoms with E-state index in [1.165, 1.54) is 0 Å². The van der Waals surface area contributed by atoms with Crippen LogP contribution in [0.1, 0.15) is 78.1 Å². The number of unbranched alkanes of at least 4 members (excludes halogenated alkanes) is 1. The van der Waals surface area contributed by atoms with Crippen LogP contribution in [-0.2, 0) is 16.8 Å². The van der Waals surface area contributed by atoms with E-state index in [0.717, 1.165) is 98.1 Å². The zero-order valence-electron chi connectivity index (χ0n) is 24.1. The van der Waals surface area contributed by atoms with Crippen LogP contribution >= 0.6 is 0 Å². The lowest BCUT2D eigenvalue weighted by Crippen LogP contribution is -2.45. The van der Waals surface area contributed by atoms with Crippen molar-refractivity contribution in [2.24, 2.45) is 0 Å². The minimum atomic E-state index is -0.675. The Balaban J connectivity index is 1.11. The molecular weight excluding hydrogens is 506 g/mol. The number of nitrogens with one attached hydrogen (secondary N) is 1. The van der Waals surface area contributed by atoms with Gasteiger partial charge < -0.3 is 15.1 Å². The molecule has 3 aromatic rings. The van der Waals surface area contributed by atoms with Gasteiger partial charge in [-0.05, 0) is 78.6 Å². The standard InChI is InChI=1S/C36H41N3O2/c1-2-21-37-35(41)36(32-17-9-7-14-28(32)25-33(36)27-12-4-3-5-13-27)20-10-11-22-38-23-18-30(19-24-38)39-26-29-15-6-8-16-31(29)34(39)40/h3-9,12-17,25,30H,2,10-11,18-24,26H2,1H3,(H,37,41). The van der Waals surface area contributed by atoms with Gasteiger partial charge in [-0.3, -0.25) is 9.59 Å². The second kappa shape index (κ2) is 12.0. The molecule has 3 aromatic carbocycles. The van der Waals surface area contributed by atoms with Crippen molar-refractivity contribution in [3.05, 3.63) is 107 Å². The molecule has 1 fully saturated rings. The van der Waals surface area contributed by atoms with E-state index in [2.05, 4.69) is 82.7 Å². The summed E-state index contributed by atoms with van der Waals surface area (Å²) in [7, 11) is 0. The van der Waals surface area contributed by atoms with Crippen LogP contribution < -0.4 is 5.32 Å². The number of likely N-dealkylation sites (tertiary alicyclic amines) is 1. The number of benzene rings is 3. The van der Waals surface area contributed by atoms with Crippen LogP contribution in [0.15, 0.2) is 78.9 Å². The van der Waals surface area contributed by atoms with Gasteiger partial charge in [0.15, 0.2) is 0 Å². The van der Waals surface area contributed by atoms with Crippen molar-refractivity contribution in [3.8, 4) is 0 Å². The van der Waals surface area contributed by atoms with Crippen molar-refractivity contribution in [1.82, 2.24) is 15.1 Å². The summed E-state index contributed by atoms with van der Waals surface area (Å²) in [6.45, 7) is 6.60. The second-order valence-corrected chi connectivity index (χ2v) is 11.8. The van der Waals surface area contributed by atoms with Gasteiger partial charge in [-0.1, -0.05) is 86.1 Å². The van der Waals surface area contributed by atoms with Crippen LogP contribution in [0.4, 0.5) is 0 Å². The minimum absolute atomic E-state index is 0.122. The van der Waals surface area contributed by atoms with Crippen molar-refractivity contribution in [1.29, 1.82) is 0 Å². The van der Waals surface area contributed by atoms with Crippen molar-refractivity contribution < 1.29 is 9.59 Å². The number of carbonyl (C=O) groups is 2. The highest BCUT2D eigenvalue weighted by atomic mass is 16.2. The molecule has 1 aliphatic carbocycles. The van der Waals surface area contributed by atoms with Crippen LogP contribution in [0, 0.1) is 0 Å². The zero-order valence-corrected chi connectivity index (χ0v) is 24.1. The maximum atomic E-state index is 14.0. The maximum Gasteiger partial charge on any atom is 0.254 e. The molecule has 0 bridgehead atoms. The Kier molecular flexibility index (Phi) is 8.06. The summed E-state index contributed by atoms with van der Waals surface area (Å²) in [5.41, 5.74) is 5.88. The maximum absolute atomic E-state index is 14.0. The molecule has 3 aliphatic rings. The molecule has 41 heavy (non-hydrogen) atoms. The van der Waals surface area contributed by atoms with E-state index >= 15 is 0 Å². The summed E-state index contributed by atoms with van der Waals surface area (Å²) in [6.07, 6.45) is 8.01. The number of amides is 2. The summed E-state index contributed by atoms with van der Waals surface area (Å²) in [5.74, 6) is 0.321. The van der Waals surface area contributed by atoms with Gasteiger partial charge in [-0.2, -0.15) is 0 Å². The molecule has 212 valence electrons. The van der Waals surface area contributed by atoms with E-state index in [1.807, 2.05) is 24.3 Å². The first-order chi connectivity index (χ1) is 20.1. The summed E-state index contributed by atoms with van der Waals surface area (Å²) in [4.78, 5) is 31.6. The Labute approximate surface area is 244 Å². The number of rotatable bonds is 10. The Hall–Kier alpha value is -3.70. The fourth-order valence-electron chi connectivity index (χ4n) is 7.15.